The third kappa shape index (κ3) is 4.02. The van der Waals surface area contributed by atoms with Gasteiger partial charge in [-0.2, -0.15) is 11.8 Å². The summed E-state index contributed by atoms with van der Waals surface area (Å²) in [6.07, 6.45) is 3.73. The molecule has 0 spiro atoms. The maximum Gasteiger partial charge on any atom is 0.214 e. The van der Waals surface area contributed by atoms with Gasteiger partial charge in [0.05, 0.1) is 10.5 Å². The normalized spacial score (nSPS) is 21.3. The second-order valence-electron chi connectivity index (χ2n) is 5.58. The molecule has 0 atom stereocenters. The highest BCUT2D eigenvalue weighted by Crippen LogP contribution is 2.35. The number of nitrogens with two attached hydrogens (primary N) is 1. The third-order valence-corrected chi connectivity index (χ3v) is 7.14. The van der Waals surface area contributed by atoms with E-state index in [9.17, 15) is 8.42 Å². The van der Waals surface area contributed by atoms with Gasteiger partial charge in [0.2, 0.25) is 10.0 Å². The monoisotopic (exact) mass is 323 g/mol. The van der Waals surface area contributed by atoms with Crippen molar-refractivity contribution >= 4 is 27.6 Å². The minimum absolute atomic E-state index is 0.184. The molecule has 6 nitrogen and oxygen atoms in total. The molecule has 1 saturated heterocycles. The number of piperidine rings is 1. The molecule has 8 heteroatoms. The number of rotatable bonds is 6. The van der Waals surface area contributed by atoms with Gasteiger partial charge in [-0.3, -0.25) is 0 Å². The van der Waals surface area contributed by atoms with Gasteiger partial charge in [-0.15, -0.1) is 0 Å². The minimum atomic E-state index is -3.19. The lowest BCUT2D eigenvalue weighted by molar-refractivity contribution is 0.300. The Morgan fingerprint density at radius 2 is 2.00 bits per heavy atom. The maximum atomic E-state index is 12.2. The quantitative estimate of drug-likeness (QED) is 0.332. The Bertz CT molecular complexity index is 441. The first kappa shape index (κ1) is 17.6. The predicted octanol–water partition coefficient (Wildman–Crippen LogP) is 1.31. The van der Waals surface area contributed by atoms with E-state index in [0.29, 0.717) is 38.3 Å². The smallest absolute Gasteiger partial charge is 0.214 e. The number of sulfonamides is 1. The maximum absolute atomic E-state index is 12.2. The van der Waals surface area contributed by atoms with Crippen LogP contribution in [0.15, 0.2) is 5.16 Å². The Hall–Kier alpha value is -0.470. The van der Waals surface area contributed by atoms with Gasteiger partial charge >= 0.3 is 0 Å². The van der Waals surface area contributed by atoms with Gasteiger partial charge in [0.15, 0.2) is 5.84 Å². The summed E-state index contributed by atoms with van der Waals surface area (Å²) in [6.45, 7) is 4.89. The molecular weight excluding hydrogens is 298 g/mol. The van der Waals surface area contributed by atoms with Gasteiger partial charge in [-0.25, -0.2) is 12.7 Å². The SMILES string of the molecule is CSC1(C(N)=NO)CCN(S(=O)(=O)CCC(C)C)CC1. The van der Waals surface area contributed by atoms with Crippen LogP contribution in [0.2, 0.25) is 0 Å². The van der Waals surface area contributed by atoms with Gasteiger partial charge in [0.25, 0.3) is 0 Å². The van der Waals surface area contributed by atoms with Gasteiger partial charge in [0, 0.05) is 13.1 Å². The van der Waals surface area contributed by atoms with E-state index in [1.165, 1.54) is 16.1 Å². The zero-order valence-corrected chi connectivity index (χ0v) is 14.0. The lowest BCUT2D eigenvalue weighted by Crippen LogP contribution is -2.51. The largest absolute Gasteiger partial charge is 0.409 e. The highest BCUT2D eigenvalue weighted by molar-refractivity contribution is 8.00. The molecule has 0 aliphatic carbocycles. The van der Waals surface area contributed by atoms with E-state index < -0.39 is 14.8 Å². The molecule has 1 fully saturated rings. The highest BCUT2D eigenvalue weighted by Gasteiger charge is 2.40. The molecule has 0 aromatic carbocycles. The van der Waals surface area contributed by atoms with Crippen LogP contribution >= 0.6 is 11.8 Å². The molecule has 20 heavy (non-hydrogen) atoms. The van der Waals surface area contributed by atoms with Crippen molar-refractivity contribution in [3.8, 4) is 0 Å². The number of thioether (sulfide) groups is 1. The van der Waals surface area contributed by atoms with Gasteiger partial charge in [-0.1, -0.05) is 19.0 Å². The second kappa shape index (κ2) is 7.00. The second-order valence-corrected chi connectivity index (χ2v) is 8.86. The van der Waals surface area contributed by atoms with Crippen molar-refractivity contribution in [3.63, 3.8) is 0 Å². The molecule has 0 aromatic heterocycles. The molecule has 0 saturated carbocycles. The van der Waals surface area contributed by atoms with Crippen LogP contribution in [0.4, 0.5) is 0 Å². The molecule has 0 amide bonds. The molecule has 1 heterocycles. The summed E-state index contributed by atoms with van der Waals surface area (Å²) in [5, 5.41) is 12.0. The highest BCUT2D eigenvalue weighted by atomic mass is 32.2. The zero-order valence-electron chi connectivity index (χ0n) is 12.4. The zero-order chi connectivity index (χ0) is 15.4. The summed E-state index contributed by atoms with van der Waals surface area (Å²) < 4.78 is 25.6. The van der Waals surface area contributed by atoms with Crippen molar-refractivity contribution in [1.29, 1.82) is 0 Å². The van der Waals surface area contributed by atoms with Crippen molar-refractivity contribution < 1.29 is 13.6 Å². The van der Waals surface area contributed by atoms with Crippen LogP contribution in [-0.2, 0) is 10.0 Å². The van der Waals surface area contributed by atoms with E-state index in [1.54, 1.807) is 0 Å². The van der Waals surface area contributed by atoms with Gasteiger partial charge < -0.3 is 10.9 Å². The number of nitrogens with zero attached hydrogens (tertiary/aromatic N) is 2. The van der Waals surface area contributed by atoms with Crippen LogP contribution in [0.5, 0.6) is 0 Å². The number of hydrogen-bond donors (Lipinski definition) is 2. The Kier molecular flexibility index (Phi) is 6.15. The molecule has 0 aromatic rings. The molecule has 1 rings (SSSR count). The fourth-order valence-electron chi connectivity index (χ4n) is 2.30. The van der Waals surface area contributed by atoms with E-state index in [-0.39, 0.29) is 11.6 Å². The van der Waals surface area contributed by atoms with E-state index in [2.05, 4.69) is 5.16 Å². The first-order chi connectivity index (χ1) is 9.27. The number of hydrogen-bond acceptors (Lipinski definition) is 5. The van der Waals surface area contributed by atoms with Gasteiger partial charge in [0.1, 0.15) is 0 Å². The van der Waals surface area contributed by atoms with Crippen LogP contribution in [0.25, 0.3) is 0 Å². The summed E-state index contributed by atoms with van der Waals surface area (Å²) >= 11 is 1.52. The molecule has 0 radical (unpaired) electrons. The molecule has 0 bridgehead atoms. The molecule has 118 valence electrons. The first-order valence-electron chi connectivity index (χ1n) is 6.78. The Morgan fingerprint density at radius 3 is 2.40 bits per heavy atom. The van der Waals surface area contributed by atoms with E-state index in [0.717, 1.165) is 0 Å². The average Bonchev–Trinajstić information content (AvgIpc) is 2.44. The summed E-state index contributed by atoms with van der Waals surface area (Å²) in [5.41, 5.74) is 5.76. The van der Waals surface area contributed by atoms with Crippen molar-refractivity contribution in [3.05, 3.63) is 0 Å². The third-order valence-electron chi connectivity index (χ3n) is 3.84. The fourth-order valence-corrected chi connectivity index (χ4v) is 4.90. The van der Waals surface area contributed by atoms with Gasteiger partial charge in [-0.05, 0) is 31.4 Å². The van der Waals surface area contributed by atoms with Crippen LogP contribution in [0.3, 0.4) is 0 Å². The van der Waals surface area contributed by atoms with Crippen LogP contribution < -0.4 is 5.73 Å². The lowest BCUT2D eigenvalue weighted by atomic mass is 9.96. The first-order valence-corrected chi connectivity index (χ1v) is 9.62. The standard InChI is InChI=1S/C12H25N3O3S2/c1-10(2)4-9-20(17,18)15-7-5-12(19-3,6-8-15)11(13)14-16/h10,16H,4-9H2,1-3H3,(H2,13,14). The Labute approximate surface area is 125 Å². The fraction of sp³-hybridized carbons (Fsp3) is 0.917. The summed E-state index contributed by atoms with van der Waals surface area (Å²) in [7, 11) is -3.19. The summed E-state index contributed by atoms with van der Waals surface area (Å²) in [5.74, 6) is 0.752. The van der Waals surface area contributed by atoms with Crippen LogP contribution in [0, 0.1) is 5.92 Å². The van der Waals surface area contributed by atoms with E-state index >= 15 is 0 Å². The topological polar surface area (TPSA) is 96.0 Å². The van der Waals surface area contributed by atoms with Crippen LogP contribution in [0.1, 0.15) is 33.1 Å². The van der Waals surface area contributed by atoms with Crippen LogP contribution in [-0.4, -0.2) is 53.6 Å². The Balaban J connectivity index is 2.70. The number of oxime groups is 1. The number of amidine groups is 1. The average molecular weight is 323 g/mol. The van der Waals surface area contributed by atoms with Crippen molar-refractivity contribution in [2.24, 2.45) is 16.8 Å². The van der Waals surface area contributed by atoms with E-state index in [4.69, 9.17) is 10.9 Å². The molecule has 1 aliphatic heterocycles. The summed E-state index contributed by atoms with van der Waals surface area (Å²) in [6, 6.07) is 0. The summed E-state index contributed by atoms with van der Waals surface area (Å²) in [4.78, 5) is 0. The lowest BCUT2D eigenvalue weighted by Gasteiger charge is -2.39. The molecular formula is C12H25N3O3S2. The predicted molar refractivity (Wildman–Crippen MR) is 83.7 cm³/mol. The van der Waals surface area contributed by atoms with Crippen molar-refractivity contribution in [2.75, 3.05) is 25.1 Å². The molecule has 0 unspecified atom stereocenters. The minimum Gasteiger partial charge on any atom is -0.409 e. The van der Waals surface area contributed by atoms with E-state index in [1.807, 2.05) is 20.1 Å². The van der Waals surface area contributed by atoms with Crippen molar-refractivity contribution in [2.45, 2.75) is 37.9 Å². The molecule has 3 N–H and O–H groups in total. The molecule has 1 aliphatic rings. The van der Waals surface area contributed by atoms with Crippen molar-refractivity contribution in [1.82, 2.24) is 4.31 Å². The Morgan fingerprint density at radius 1 is 1.45 bits per heavy atom.